The zero-order chi connectivity index (χ0) is 18.0. The first-order valence-electron chi connectivity index (χ1n) is 7.54. The highest BCUT2D eigenvalue weighted by molar-refractivity contribution is 6.39. The van der Waals surface area contributed by atoms with Crippen molar-refractivity contribution in [2.45, 2.75) is 13.5 Å². The summed E-state index contributed by atoms with van der Waals surface area (Å²) in [5, 5.41) is 11.3. The van der Waals surface area contributed by atoms with Gasteiger partial charge >= 0.3 is 0 Å². The van der Waals surface area contributed by atoms with Crippen LogP contribution in [0, 0.1) is 6.92 Å². The van der Waals surface area contributed by atoms with Crippen molar-refractivity contribution in [2.24, 2.45) is 5.73 Å². The van der Waals surface area contributed by atoms with Crippen LogP contribution in [0.2, 0.25) is 10.0 Å². The number of aryl methyl sites for hydroxylation is 1. The minimum atomic E-state index is 0.386. The van der Waals surface area contributed by atoms with Crippen molar-refractivity contribution in [1.82, 2.24) is 19.7 Å². The molecule has 0 bridgehead atoms. The standard InChI is InChI=1S/C16H17Cl2N7/c1-9-5-13(20-2)24-16(22-9)23-12-4-3-11(17)15(14(12)18)25-8-10(6-19)7-21-25/h3-5,7-8H,6,19H2,1-2H3,(H2,20,22,23,24). The van der Waals surface area contributed by atoms with Crippen LogP contribution in [0.5, 0.6) is 0 Å². The molecule has 9 heteroatoms. The second-order valence-electron chi connectivity index (χ2n) is 5.35. The van der Waals surface area contributed by atoms with Gasteiger partial charge in [-0.15, -0.1) is 0 Å². The van der Waals surface area contributed by atoms with Crippen LogP contribution >= 0.6 is 23.2 Å². The van der Waals surface area contributed by atoms with Gasteiger partial charge in [-0.05, 0) is 19.1 Å². The third-order valence-electron chi connectivity index (χ3n) is 3.52. The molecule has 0 atom stereocenters. The lowest BCUT2D eigenvalue weighted by atomic mass is 10.2. The summed E-state index contributed by atoms with van der Waals surface area (Å²) < 4.78 is 1.61. The van der Waals surface area contributed by atoms with Gasteiger partial charge in [0.1, 0.15) is 11.5 Å². The van der Waals surface area contributed by atoms with Gasteiger partial charge in [-0.2, -0.15) is 10.1 Å². The van der Waals surface area contributed by atoms with Crippen LogP contribution in [0.4, 0.5) is 17.5 Å². The fourth-order valence-electron chi connectivity index (χ4n) is 2.31. The van der Waals surface area contributed by atoms with Crippen molar-refractivity contribution in [2.75, 3.05) is 17.7 Å². The van der Waals surface area contributed by atoms with Crippen molar-refractivity contribution < 1.29 is 0 Å². The Bertz CT molecular complexity index is 907. The highest BCUT2D eigenvalue weighted by Crippen LogP contribution is 2.35. The number of anilines is 3. The van der Waals surface area contributed by atoms with Gasteiger partial charge in [0.05, 0.1) is 21.9 Å². The fraction of sp³-hybridized carbons (Fsp3) is 0.188. The molecule has 0 aliphatic rings. The summed E-state index contributed by atoms with van der Waals surface area (Å²) in [5.74, 6) is 1.14. The van der Waals surface area contributed by atoms with Gasteiger partial charge in [-0.1, -0.05) is 23.2 Å². The molecule has 2 heterocycles. The minimum Gasteiger partial charge on any atom is -0.373 e. The topological polar surface area (TPSA) is 93.7 Å². The van der Waals surface area contributed by atoms with Gasteiger partial charge in [-0.25, -0.2) is 9.67 Å². The van der Waals surface area contributed by atoms with E-state index in [0.29, 0.717) is 39.7 Å². The number of nitrogens with one attached hydrogen (secondary N) is 2. The Labute approximate surface area is 155 Å². The van der Waals surface area contributed by atoms with E-state index >= 15 is 0 Å². The van der Waals surface area contributed by atoms with Crippen LogP contribution in [0.1, 0.15) is 11.3 Å². The van der Waals surface area contributed by atoms with Gasteiger partial charge in [0, 0.05) is 37.1 Å². The maximum atomic E-state index is 6.55. The number of hydrogen-bond acceptors (Lipinski definition) is 6. The summed E-state index contributed by atoms with van der Waals surface area (Å²) in [6, 6.07) is 5.36. The van der Waals surface area contributed by atoms with Crippen molar-refractivity contribution >= 4 is 40.7 Å². The average molecular weight is 378 g/mol. The molecule has 2 aromatic heterocycles. The molecular weight excluding hydrogens is 361 g/mol. The van der Waals surface area contributed by atoms with Crippen LogP contribution in [-0.4, -0.2) is 26.8 Å². The molecule has 1 aromatic carbocycles. The fourth-order valence-corrected chi connectivity index (χ4v) is 2.90. The van der Waals surface area contributed by atoms with E-state index in [9.17, 15) is 0 Å². The van der Waals surface area contributed by atoms with Crippen LogP contribution in [0.25, 0.3) is 5.69 Å². The molecule has 7 nitrogen and oxygen atoms in total. The highest BCUT2D eigenvalue weighted by Gasteiger charge is 2.15. The Morgan fingerprint density at radius 2 is 2.04 bits per heavy atom. The first-order valence-corrected chi connectivity index (χ1v) is 8.30. The largest absolute Gasteiger partial charge is 0.373 e. The van der Waals surface area contributed by atoms with E-state index in [-0.39, 0.29) is 0 Å². The van der Waals surface area contributed by atoms with Gasteiger partial charge < -0.3 is 16.4 Å². The smallest absolute Gasteiger partial charge is 0.229 e. The molecule has 0 aliphatic carbocycles. The zero-order valence-electron chi connectivity index (χ0n) is 13.7. The predicted molar refractivity (Wildman–Crippen MR) is 101 cm³/mol. The summed E-state index contributed by atoms with van der Waals surface area (Å²) in [7, 11) is 1.80. The Kier molecular flexibility index (Phi) is 5.08. The average Bonchev–Trinajstić information content (AvgIpc) is 3.06. The van der Waals surface area contributed by atoms with E-state index in [0.717, 1.165) is 11.3 Å². The number of halogens is 2. The maximum absolute atomic E-state index is 6.55. The molecule has 0 unspecified atom stereocenters. The molecule has 4 N–H and O–H groups in total. The first-order chi connectivity index (χ1) is 12.0. The molecule has 3 rings (SSSR count). The summed E-state index contributed by atoms with van der Waals surface area (Å²) >= 11 is 12.9. The molecular formula is C16H17Cl2N7. The molecule has 3 aromatic rings. The molecule has 25 heavy (non-hydrogen) atoms. The van der Waals surface area contributed by atoms with Gasteiger partial charge in [-0.3, -0.25) is 0 Å². The third kappa shape index (κ3) is 3.68. The summed E-state index contributed by atoms with van der Waals surface area (Å²) in [6.07, 6.45) is 3.47. The highest BCUT2D eigenvalue weighted by atomic mass is 35.5. The summed E-state index contributed by atoms with van der Waals surface area (Å²) in [4.78, 5) is 8.73. The van der Waals surface area contributed by atoms with Crippen LogP contribution in [0.15, 0.2) is 30.6 Å². The summed E-state index contributed by atoms with van der Waals surface area (Å²) in [5.41, 5.74) is 8.53. The minimum absolute atomic E-state index is 0.386. The number of rotatable bonds is 5. The van der Waals surface area contributed by atoms with Crippen molar-refractivity contribution in [3.63, 3.8) is 0 Å². The van der Waals surface area contributed by atoms with E-state index in [4.69, 9.17) is 28.9 Å². The SMILES string of the molecule is CNc1cc(C)nc(Nc2ccc(Cl)c(-n3cc(CN)cn3)c2Cl)n1. The zero-order valence-corrected chi connectivity index (χ0v) is 15.2. The third-order valence-corrected chi connectivity index (χ3v) is 4.21. The molecule has 0 aliphatic heterocycles. The number of aromatic nitrogens is 4. The number of benzene rings is 1. The second kappa shape index (κ2) is 7.26. The predicted octanol–water partition coefficient (Wildman–Crippen LogP) is 3.52. The molecule has 0 saturated carbocycles. The molecule has 0 spiro atoms. The van der Waals surface area contributed by atoms with Gasteiger partial charge in [0.15, 0.2) is 0 Å². The lowest BCUT2D eigenvalue weighted by Crippen LogP contribution is -2.04. The van der Waals surface area contributed by atoms with E-state index in [1.807, 2.05) is 13.0 Å². The molecule has 0 radical (unpaired) electrons. The lowest BCUT2D eigenvalue weighted by molar-refractivity contribution is 0.880. The number of nitrogens with zero attached hydrogens (tertiary/aromatic N) is 4. The number of nitrogens with two attached hydrogens (primary N) is 1. The molecule has 0 amide bonds. The lowest BCUT2D eigenvalue weighted by Gasteiger charge is -2.13. The quantitative estimate of drug-likeness (QED) is 0.629. The van der Waals surface area contributed by atoms with Crippen molar-refractivity contribution in [3.8, 4) is 5.69 Å². The van der Waals surface area contributed by atoms with Crippen LogP contribution in [-0.2, 0) is 6.54 Å². The normalized spacial score (nSPS) is 10.8. The maximum Gasteiger partial charge on any atom is 0.229 e. The molecule has 0 saturated heterocycles. The molecule has 130 valence electrons. The first kappa shape index (κ1) is 17.5. The Morgan fingerprint density at radius 1 is 1.24 bits per heavy atom. The van der Waals surface area contributed by atoms with E-state index in [1.54, 1.807) is 36.3 Å². The van der Waals surface area contributed by atoms with Crippen LogP contribution in [0.3, 0.4) is 0 Å². The molecule has 0 fully saturated rings. The van der Waals surface area contributed by atoms with Crippen molar-refractivity contribution in [1.29, 1.82) is 0 Å². The van der Waals surface area contributed by atoms with Crippen molar-refractivity contribution in [3.05, 3.63) is 51.9 Å². The van der Waals surface area contributed by atoms with Gasteiger partial charge in [0.25, 0.3) is 0 Å². The Balaban J connectivity index is 2.01. The second-order valence-corrected chi connectivity index (χ2v) is 6.13. The number of hydrogen-bond donors (Lipinski definition) is 3. The Hall–Kier alpha value is -2.35. The van der Waals surface area contributed by atoms with E-state index in [1.165, 1.54) is 0 Å². The monoisotopic (exact) mass is 377 g/mol. The van der Waals surface area contributed by atoms with Crippen LogP contribution < -0.4 is 16.4 Å². The van der Waals surface area contributed by atoms with Gasteiger partial charge in [0.2, 0.25) is 5.95 Å². The summed E-state index contributed by atoms with van der Waals surface area (Å²) in [6.45, 7) is 2.28. The van der Waals surface area contributed by atoms with E-state index < -0.39 is 0 Å². The Morgan fingerprint density at radius 3 is 2.72 bits per heavy atom. The van der Waals surface area contributed by atoms with E-state index in [2.05, 4.69) is 25.7 Å².